The van der Waals surface area contributed by atoms with Crippen molar-refractivity contribution in [3.8, 4) is 11.5 Å². The molecule has 0 bridgehead atoms. The number of Topliss-reactive ketones (excluding diaryl/α,β-unsaturated/α-hetero) is 1. The lowest BCUT2D eigenvalue weighted by Gasteiger charge is -2.18. The Balaban J connectivity index is 1.67. The first kappa shape index (κ1) is 15.1. The van der Waals surface area contributed by atoms with Gasteiger partial charge in [-0.25, -0.2) is 0 Å². The predicted molar refractivity (Wildman–Crippen MR) is 86.2 cm³/mol. The van der Waals surface area contributed by atoms with Crippen molar-refractivity contribution in [2.45, 2.75) is 13.3 Å². The maximum atomic E-state index is 12.2. The van der Waals surface area contributed by atoms with Gasteiger partial charge in [-0.3, -0.25) is 9.59 Å². The van der Waals surface area contributed by atoms with Crippen LogP contribution in [0.3, 0.4) is 0 Å². The largest absolute Gasteiger partial charge is 0.486 e. The van der Waals surface area contributed by atoms with Crippen LogP contribution < -0.4 is 14.8 Å². The number of rotatable bonds is 4. The molecule has 1 aliphatic heterocycles. The van der Waals surface area contributed by atoms with Crippen molar-refractivity contribution in [1.29, 1.82) is 0 Å². The van der Waals surface area contributed by atoms with Crippen molar-refractivity contribution in [3.05, 3.63) is 53.6 Å². The van der Waals surface area contributed by atoms with Crippen LogP contribution in [0, 0.1) is 0 Å². The average molecular weight is 311 g/mol. The minimum absolute atomic E-state index is 0.0343. The van der Waals surface area contributed by atoms with Crippen LogP contribution >= 0.6 is 0 Å². The highest BCUT2D eigenvalue weighted by Crippen LogP contribution is 2.30. The maximum absolute atomic E-state index is 12.2. The number of nitrogens with one attached hydrogen (secondary N) is 1. The van der Waals surface area contributed by atoms with E-state index in [1.54, 1.807) is 24.3 Å². The highest BCUT2D eigenvalue weighted by molar-refractivity contribution is 5.97. The normalized spacial score (nSPS) is 12.6. The van der Waals surface area contributed by atoms with E-state index in [-0.39, 0.29) is 18.1 Å². The van der Waals surface area contributed by atoms with E-state index in [0.717, 1.165) is 5.56 Å². The molecule has 1 amide bonds. The number of anilines is 1. The van der Waals surface area contributed by atoms with E-state index in [2.05, 4.69) is 5.32 Å². The molecule has 1 N–H and O–H groups in total. The molecule has 2 aromatic rings. The van der Waals surface area contributed by atoms with Gasteiger partial charge in [0.2, 0.25) is 5.91 Å². The molecule has 0 fully saturated rings. The van der Waals surface area contributed by atoms with Gasteiger partial charge in [-0.15, -0.1) is 0 Å². The lowest BCUT2D eigenvalue weighted by molar-refractivity contribution is -0.115. The highest BCUT2D eigenvalue weighted by atomic mass is 16.6. The molecule has 3 rings (SSSR count). The van der Waals surface area contributed by atoms with Crippen LogP contribution in [-0.4, -0.2) is 24.9 Å². The first-order chi connectivity index (χ1) is 11.1. The zero-order valence-corrected chi connectivity index (χ0v) is 12.8. The lowest BCUT2D eigenvalue weighted by Crippen LogP contribution is -2.17. The molecular weight excluding hydrogens is 294 g/mol. The Labute approximate surface area is 134 Å². The number of benzene rings is 2. The van der Waals surface area contributed by atoms with Gasteiger partial charge in [-0.2, -0.15) is 0 Å². The van der Waals surface area contributed by atoms with E-state index >= 15 is 0 Å². The molecule has 2 aromatic carbocycles. The quantitative estimate of drug-likeness (QED) is 0.882. The molecular formula is C18H17NO4. The number of hydrogen-bond acceptors (Lipinski definition) is 4. The first-order valence-corrected chi connectivity index (χ1v) is 7.41. The van der Waals surface area contributed by atoms with Crippen LogP contribution in [0.2, 0.25) is 0 Å². The lowest BCUT2D eigenvalue weighted by atomic mass is 10.1. The van der Waals surface area contributed by atoms with E-state index < -0.39 is 0 Å². The van der Waals surface area contributed by atoms with Crippen LogP contribution in [0.1, 0.15) is 22.8 Å². The van der Waals surface area contributed by atoms with Gasteiger partial charge in [0.05, 0.1) is 6.42 Å². The summed E-state index contributed by atoms with van der Waals surface area (Å²) in [5.74, 6) is 1.19. The summed E-state index contributed by atoms with van der Waals surface area (Å²) in [6.45, 7) is 2.55. The molecule has 0 unspecified atom stereocenters. The second-order valence-electron chi connectivity index (χ2n) is 5.34. The second kappa shape index (κ2) is 6.52. The number of ether oxygens (including phenoxy) is 2. The fraction of sp³-hybridized carbons (Fsp3) is 0.222. The van der Waals surface area contributed by atoms with E-state index in [1.165, 1.54) is 6.92 Å². The van der Waals surface area contributed by atoms with Gasteiger partial charge >= 0.3 is 0 Å². The second-order valence-corrected chi connectivity index (χ2v) is 5.34. The van der Waals surface area contributed by atoms with Crippen molar-refractivity contribution >= 4 is 17.4 Å². The van der Waals surface area contributed by atoms with E-state index in [1.807, 2.05) is 18.2 Å². The number of hydrogen-bond donors (Lipinski definition) is 1. The molecule has 5 heteroatoms. The molecule has 0 aliphatic carbocycles. The summed E-state index contributed by atoms with van der Waals surface area (Å²) in [6.07, 6.45) is 0.223. The number of carbonyl (C=O) groups excluding carboxylic acids is 2. The van der Waals surface area contributed by atoms with Crippen molar-refractivity contribution in [1.82, 2.24) is 0 Å². The highest BCUT2D eigenvalue weighted by Gasteiger charge is 2.13. The predicted octanol–water partition coefficient (Wildman–Crippen LogP) is 2.84. The zero-order chi connectivity index (χ0) is 16.2. The summed E-state index contributed by atoms with van der Waals surface area (Å²) in [7, 11) is 0. The van der Waals surface area contributed by atoms with Crippen molar-refractivity contribution in [3.63, 3.8) is 0 Å². The molecule has 23 heavy (non-hydrogen) atoms. The van der Waals surface area contributed by atoms with E-state index in [0.29, 0.717) is 36.0 Å². The smallest absolute Gasteiger partial charge is 0.228 e. The van der Waals surface area contributed by atoms with Crippen LogP contribution in [0.25, 0.3) is 0 Å². The van der Waals surface area contributed by atoms with Gasteiger partial charge in [0.15, 0.2) is 17.3 Å². The Kier molecular flexibility index (Phi) is 4.28. The molecule has 1 aliphatic rings. The van der Waals surface area contributed by atoms with Crippen LogP contribution in [-0.2, 0) is 11.2 Å². The minimum Gasteiger partial charge on any atom is -0.486 e. The van der Waals surface area contributed by atoms with Gasteiger partial charge in [-0.1, -0.05) is 18.2 Å². The van der Waals surface area contributed by atoms with Gasteiger partial charge < -0.3 is 14.8 Å². The fourth-order valence-corrected chi connectivity index (χ4v) is 2.40. The van der Waals surface area contributed by atoms with Crippen molar-refractivity contribution < 1.29 is 19.1 Å². The minimum atomic E-state index is -0.151. The standard InChI is InChI=1S/C18H17NO4/c1-12(20)14-3-2-4-15(11-14)19-18(21)10-13-5-6-16-17(9-13)23-8-7-22-16/h2-6,9,11H,7-8,10H2,1H3,(H,19,21). The van der Waals surface area contributed by atoms with Gasteiger partial charge in [-0.05, 0) is 36.8 Å². The number of amides is 1. The number of carbonyl (C=O) groups is 2. The molecule has 1 heterocycles. The summed E-state index contributed by atoms with van der Waals surface area (Å²) in [4.78, 5) is 23.5. The van der Waals surface area contributed by atoms with E-state index in [9.17, 15) is 9.59 Å². The van der Waals surface area contributed by atoms with Gasteiger partial charge in [0.1, 0.15) is 13.2 Å². The van der Waals surface area contributed by atoms with Gasteiger partial charge in [0.25, 0.3) is 0 Å². The fourth-order valence-electron chi connectivity index (χ4n) is 2.40. The SMILES string of the molecule is CC(=O)c1cccc(NC(=O)Cc2ccc3c(c2)OCCO3)c1. The summed E-state index contributed by atoms with van der Waals surface area (Å²) in [5, 5.41) is 2.80. The molecule has 0 aromatic heterocycles. The molecule has 0 radical (unpaired) electrons. The van der Waals surface area contributed by atoms with Gasteiger partial charge in [0, 0.05) is 11.3 Å². The van der Waals surface area contributed by atoms with Crippen molar-refractivity contribution in [2.75, 3.05) is 18.5 Å². The molecule has 0 atom stereocenters. The molecule has 5 nitrogen and oxygen atoms in total. The molecule has 0 saturated heterocycles. The van der Waals surface area contributed by atoms with Crippen LogP contribution in [0.15, 0.2) is 42.5 Å². The van der Waals surface area contributed by atoms with Crippen molar-refractivity contribution in [2.24, 2.45) is 0 Å². The van der Waals surface area contributed by atoms with E-state index in [4.69, 9.17) is 9.47 Å². The zero-order valence-electron chi connectivity index (χ0n) is 12.8. The molecule has 118 valence electrons. The number of ketones is 1. The third-order valence-corrected chi connectivity index (χ3v) is 3.52. The topological polar surface area (TPSA) is 64.6 Å². The summed E-state index contributed by atoms with van der Waals surface area (Å²) >= 11 is 0. The Bertz CT molecular complexity index is 754. The maximum Gasteiger partial charge on any atom is 0.228 e. The Morgan fingerprint density at radius 3 is 2.61 bits per heavy atom. The third-order valence-electron chi connectivity index (χ3n) is 3.52. The number of fused-ring (bicyclic) bond motifs is 1. The molecule has 0 saturated carbocycles. The summed E-state index contributed by atoms with van der Waals surface area (Å²) < 4.78 is 11.0. The Hall–Kier alpha value is -2.82. The Morgan fingerprint density at radius 2 is 1.83 bits per heavy atom. The molecule has 0 spiro atoms. The summed E-state index contributed by atoms with van der Waals surface area (Å²) in [6, 6.07) is 12.4. The Morgan fingerprint density at radius 1 is 1.04 bits per heavy atom. The average Bonchev–Trinajstić information content (AvgIpc) is 2.55. The monoisotopic (exact) mass is 311 g/mol. The third kappa shape index (κ3) is 3.69. The van der Waals surface area contributed by atoms with Crippen LogP contribution in [0.5, 0.6) is 11.5 Å². The first-order valence-electron chi connectivity index (χ1n) is 7.41. The van der Waals surface area contributed by atoms with Crippen LogP contribution in [0.4, 0.5) is 5.69 Å². The summed E-state index contributed by atoms with van der Waals surface area (Å²) in [5.41, 5.74) is 2.02.